The average molecular weight is 673 g/mol. The Morgan fingerprint density at radius 1 is 0.588 bits per heavy atom. The summed E-state index contributed by atoms with van der Waals surface area (Å²) in [4.78, 5) is 10.7. The molecule has 3 aromatic heterocycles. The van der Waals surface area contributed by atoms with Gasteiger partial charge in [-0.3, -0.25) is 0 Å². The van der Waals surface area contributed by atoms with E-state index in [1.165, 1.54) is 15.8 Å². The van der Waals surface area contributed by atoms with Gasteiger partial charge in [0.05, 0.1) is 11.4 Å². The van der Waals surface area contributed by atoms with Gasteiger partial charge in [0.1, 0.15) is 11.2 Å². The van der Waals surface area contributed by atoms with Gasteiger partial charge in [0.15, 0.2) is 5.82 Å². The minimum absolute atomic E-state index is 0.636. The number of furan rings is 1. The summed E-state index contributed by atoms with van der Waals surface area (Å²) in [7, 11) is 0. The highest BCUT2D eigenvalue weighted by Crippen LogP contribution is 2.38. The number of thiophene rings is 1. The van der Waals surface area contributed by atoms with Crippen molar-refractivity contribution < 1.29 is 4.42 Å². The van der Waals surface area contributed by atoms with E-state index in [0.717, 1.165) is 76.3 Å². The van der Waals surface area contributed by atoms with Crippen LogP contribution in [0.1, 0.15) is 12.7 Å². The summed E-state index contributed by atoms with van der Waals surface area (Å²) < 4.78 is 8.70. The molecule has 0 aliphatic heterocycles. The summed E-state index contributed by atoms with van der Waals surface area (Å²) >= 11 is 1.70. The van der Waals surface area contributed by atoms with Gasteiger partial charge in [-0.1, -0.05) is 146 Å². The first-order valence-electron chi connectivity index (χ1n) is 17.0. The Bertz CT molecular complexity index is 2880. The van der Waals surface area contributed by atoms with E-state index >= 15 is 0 Å². The van der Waals surface area contributed by atoms with Crippen molar-refractivity contribution in [1.29, 1.82) is 0 Å². The van der Waals surface area contributed by atoms with Crippen molar-refractivity contribution in [3.63, 3.8) is 0 Å². The van der Waals surface area contributed by atoms with Gasteiger partial charge in [-0.05, 0) is 53.4 Å². The van der Waals surface area contributed by atoms with E-state index in [4.69, 9.17) is 14.4 Å². The SMILES string of the molecule is C=c1sc2ccccc2/c1=C(/C=C\C)c1nc(-c2ccccc2-c2ccc(-c3ccccc3)cc2)cc(-c2cccc3c2oc2ccccc23)n1. The standard InChI is InChI=1S/C47H32N2OS/c1-3-14-40(45-30(2)51-44-24-12-10-20-39(44)45)47-48-41(29-42(49-47)38-22-13-21-37-36-19-9-11-23-43(36)50-46(37)38)35-18-8-7-17-34(35)33-27-25-32(26-28-33)31-15-5-4-6-16-31/h3-29H,2H2,1H3/b14-3-,45-40-. The van der Waals surface area contributed by atoms with Crippen molar-refractivity contribution in [3.8, 4) is 44.8 Å². The predicted octanol–water partition coefficient (Wildman–Crippen LogP) is 11.4. The van der Waals surface area contributed by atoms with Crippen molar-refractivity contribution in [1.82, 2.24) is 9.97 Å². The van der Waals surface area contributed by atoms with Crippen molar-refractivity contribution in [2.75, 3.05) is 0 Å². The van der Waals surface area contributed by atoms with Gasteiger partial charge in [0.2, 0.25) is 0 Å². The lowest BCUT2D eigenvalue weighted by Crippen LogP contribution is -2.21. The molecule has 4 heteroatoms. The highest BCUT2D eigenvalue weighted by Gasteiger charge is 2.19. The number of benzene rings is 6. The van der Waals surface area contributed by atoms with Crippen LogP contribution in [0.3, 0.4) is 0 Å². The fourth-order valence-corrected chi connectivity index (χ4v) is 8.07. The van der Waals surface area contributed by atoms with E-state index in [0.29, 0.717) is 5.82 Å². The van der Waals surface area contributed by atoms with Crippen LogP contribution >= 0.6 is 11.3 Å². The second-order valence-corrected chi connectivity index (χ2v) is 13.7. The zero-order valence-corrected chi connectivity index (χ0v) is 28.8. The second kappa shape index (κ2) is 12.8. The van der Waals surface area contributed by atoms with Gasteiger partial charge in [-0.25, -0.2) is 9.97 Å². The maximum absolute atomic E-state index is 6.53. The molecule has 0 amide bonds. The number of nitrogens with zero attached hydrogens (tertiary/aromatic N) is 2. The van der Waals surface area contributed by atoms with Crippen molar-refractivity contribution in [2.45, 2.75) is 6.92 Å². The number of aromatic nitrogens is 2. The van der Waals surface area contributed by atoms with E-state index in [1.54, 1.807) is 11.3 Å². The molecular formula is C47H32N2OS. The fourth-order valence-electron chi connectivity index (χ4n) is 7.05. The lowest BCUT2D eigenvalue weighted by molar-refractivity contribution is 0.670. The molecule has 0 atom stereocenters. The van der Waals surface area contributed by atoms with Gasteiger partial charge >= 0.3 is 0 Å². The molecule has 0 saturated heterocycles. The first kappa shape index (κ1) is 30.7. The Balaban J connectivity index is 1.31. The van der Waals surface area contributed by atoms with Crippen LogP contribution in [0, 0.1) is 0 Å². The highest BCUT2D eigenvalue weighted by atomic mass is 32.1. The Morgan fingerprint density at radius 2 is 1.20 bits per heavy atom. The predicted molar refractivity (Wildman–Crippen MR) is 215 cm³/mol. The zero-order chi connectivity index (χ0) is 34.3. The molecule has 0 bridgehead atoms. The van der Waals surface area contributed by atoms with Crippen LogP contribution < -0.4 is 9.75 Å². The van der Waals surface area contributed by atoms with E-state index < -0.39 is 0 Å². The molecule has 3 nitrogen and oxygen atoms in total. The Hall–Kier alpha value is -6.36. The normalized spacial score (nSPS) is 12.3. The number of hydrogen-bond acceptors (Lipinski definition) is 4. The molecule has 0 fully saturated rings. The average Bonchev–Trinajstić information content (AvgIpc) is 3.74. The smallest absolute Gasteiger partial charge is 0.161 e. The second-order valence-electron chi connectivity index (χ2n) is 12.5. The Kier molecular flexibility index (Phi) is 7.72. The van der Waals surface area contributed by atoms with Crippen molar-refractivity contribution >= 4 is 55.5 Å². The third-order valence-electron chi connectivity index (χ3n) is 9.42. The van der Waals surface area contributed by atoms with E-state index in [1.807, 2.05) is 31.2 Å². The molecule has 0 saturated carbocycles. The molecule has 0 aliphatic rings. The van der Waals surface area contributed by atoms with Crippen molar-refractivity contribution in [3.05, 3.63) is 179 Å². The molecule has 0 aliphatic carbocycles. The first-order chi connectivity index (χ1) is 25.2. The monoisotopic (exact) mass is 672 g/mol. The van der Waals surface area contributed by atoms with E-state index in [2.05, 4.69) is 146 Å². The fraction of sp³-hybridized carbons (Fsp3) is 0.0213. The first-order valence-corrected chi connectivity index (χ1v) is 17.9. The van der Waals surface area contributed by atoms with Crippen LogP contribution in [0.15, 0.2) is 168 Å². The molecule has 0 N–H and O–H groups in total. The number of allylic oxidation sites excluding steroid dienone is 2. The van der Waals surface area contributed by atoms with Crippen LogP contribution in [0.25, 0.3) is 88.9 Å². The van der Waals surface area contributed by atoms with Crippen LogP contribution in [-0.4, -0.2) is 9.97 Å². The number of hydrogen-bond donors (Lipinski definition) is 0. The third-order valence-corrected chi connectivity index (χ3v) is 10.5. The quantitative estimate of drug-likeness (QED) is 0.176. The van der Waals surface area contributed by atoms with Crippen LogP contribution in [-0.2, 0) is 0 Å². The van der Waals surface area contributed by atoms with Crippen LogP contribution in [0.2, 0.25) is 0 Å². The van der Waals surface area contributed by atoms with Crippen LogP contribution in [0.5, 0.6) is 0 Å². The van der Waals surface area contributed by atoms with E-state index in [-0.39, 0.29) is 0 Å². The summed E-state index contributed by atoms with van der Waals surface area (Å²) in [5, 5.41) is 4.35. The number of para-hydroxylation sites is 2. The van der Waals surface area contributed by atoms with Gasteiger partial charge in [-0.2, -0.15) is 0 Å². The molecule has 9 rings (SSSR count). The summed E-state index contributed by atoms with van der Waals surface area (Å²) in [6, 6.07) is 52.8. The Morgan fingerprint density at radius 3 is 2.00 bits per heavy atom. The summed E-state index contributed by atoms with van der Waals surface area (Å²) in [6.07, 6.45) is 4.17. The molecule has 9 aromatic rings. The molecule has 51 heavy (non-hydrogen) atoms. The summed E-state index contributed by atoms with van der Waals surface area (Å²) in [5.74, 6) is 0.636. The number of fused-ring (bicyclic) bond motifs is 4. The minimum atomic E-state index is 0.636. The topological polar surface area (TPSA) is 38.9 Å². The number of rotatable bonds is 6. The molecule has 3 heterocycles. The molecule has 6 aromatic carbocycles. The molecule has 0 spiro atoms. The lowest BCUT2D eigenvalue weighted by Gasteiger charge is -2.14. The third kappa shape index (κ3) is 5.47. The van der Waals surface area contributed by atoms with Gasteiger partial charge < -0.3 is 4.42 Å². The largest absolute Gasteiger partial charge is 0.455 e. The van der Waals surface area contributed by atoms with Crippen LogP contribution in [0.4, 0.5) is 0 Å². The van der Waals surface area contributed by atoms with Gasteiger partial charge in [0.25, 0.3) is 0 Å². The molecule has 0 unspecified atom stereocenters. The maximum atomic E-state index is 6.53. The highest BCUT2D eigenvalue weighted by molar-refractivity contribution is 7.17. The minimum Gasteiger partial charge on any atom is -0.455 e. The lowest BCUT2D eigenvalue weighted by atomic mass is 9.94. The summed E-state index contributed by atoms with van der Waals surface area (Å²) in [6.45, 7) is 6.52. The molecule has 0 radical (unpaired) electrons. The summed E-state index contributed by atoms with van der Waals surface area (Å²) in [5.41, 5.74) is 10.8. The van der Waals surface area contributed by atoms with Crippen molar-refractivity contribution in [2.24, 2.45) is 0 Å². The van der Waals surface area contributed by atoms with Gasteiger partial charge in [-0.15, -0.1) is 11.3 Å². The molecule has 242 valence electrons. The maximum Gasteiger partial charge on any atom is 0.161 e. The molecular weight excluding hydrogens is 641 g/mol. The van der Waals surface area contributed by atoms with E-state index in [9.17, 15) is 0 Å². The zero-order valence-electron chi connectivity index (χ0n) is 28.0. The van der Waals surface area contributed by atoms with Gasteiger partial charge in [0, 0.05) is 47.3 Å². The Labute approximate surface area is 299 Å².